The van der Waals surface area contributed by atoms with E-state index in [1.54, 1.807) is 0 Å². The summed E-state index contributed by atoms with van der Waals surface area (Å²) in [6, 6.07) is 21.3. The van der Waals surface area contributed by atoms with Crippen molar-refractivity contribution in [1.82, 2.24) is 14.5 Å². The van der Waals surface area contributed by atoms with Gasteiger partial charge in [0.25, 0.3) is 5.56 Å². The van der Waals surface area contributed by atoms with Gasteiger partial charge in [-0.2, -0.15) is 0 Å². The molecule has 1 aromatic heterocycles. The number of hydrogen-bond donors (Lipinski definition) is 1. The number of aliphatic hydroxyl groups is 1. The van der Waals surface area contributed by atoms with Crippen molar-refractivity contribution in [3.8, 4) is 11.3 Å². The summed E-state index contributed by atoms with van der Waals surface area (Å²) in [5.74, 6) is 0.502. The zero-order chi connectivity index (χ0) is 23.9. The maximum Gasteiger partial charge on any atom is 0.253 e. The average Bonchev–Trinajstić information content (AvgIpc) is 3.64. The summed E-state index contributed by atoms with van der Waals surface area (Å²) in [6.45, 7) is 5.06. The van der Waals surface area contributed by atoms with Crippen LogP contribution in [-0.2, 0) is 11.3 Å². The molecule has 176 valence electrons. The third-order valence-electron chi connectivity index (χ3n) is 7.67. The highest BCUT2D eigenvalue weighted by Gasteiger charge is 2.52. The Bertz CT molecular complexity index is 1240. The minimum atomic E-state index is -1.12. The van der Waals surface area contributed by atoms with Crippen molar-refractivity contribution >= 4 is 5.91 Å². The predicted octanol–water partition coefficient (Wildman–Crippen LogP) is 3.70. The molecule has 2 aliphatic rings. The number of benzene rings is 2. The zero-order valence-electron chi connectivity index (χ0n) is 19.7. The summed E-state index contributed by atoms with van der Waals surface area (Å²) in [7, 11) is 0. The number of hydrogen-bond acceptors (Lipinski definition) is 4. The van der Waals surface area contributed by atoms with Gasteiger partial charge in [0.15, 0.2) is 0 Å². The van der Waals surface area contributed by atoms with E-state index in [-0.39, 0.29) is 23.9 Å². The highest BCUT2D eigenvalue weighted by molar-refractivity contribution is 5.83. The van der Waals surface area contributed by atoms with Gasteiger partial charge in [-0.05, 0) is 24.3 Å². The number of carbonyl (C=O) groups excluding carboxylic acids is 1. The molecule has 1 aliphatic carbocycles. The van der Waals surface area contributed by atoms with Gasteiger partial charge in [-0.1, -0.05) is 74.5 Å². The minimum absolute atomic E-state index is 0.0294. The molecule has 5 rings (SSSR count). The fourth-order valence-corrected chi connectivity index (χ4v) is 5.21. The largest absolute Gasteiger partial charge is 0.387 e. The average molecular weight is 458 g/mol. The first-order valence-corrected chi connectivity index (χ1v) is 12.0. The summed E-state index contributed by atoms with van der Waals surface area (Å²) in [5, 5.41) is 11.6. The highest BCUT2D eigenvalue weighted by atomic mass is 16.3. The monoisotopic (exact) mass is 457 g/mol. The van der Waals surface area contributed by atoms with Gasteiger partial charge in [-0.15, -0.1) is 0 Å². The second-order valence-corrected chi connectivity index (χ2v) is 10.4. The first-order chi connectivity index (χ1) is 16.3. The van der Waals surface area contributed by atoms with Crippen molar-refractivity contribution in [1.29, 1.82) is 0 Å². The molecule has 2 aromatic carbocycles. The smallest absolute Gasteiger partial charge is 0.253 e. The topological polar surface area (TPSA) is 75.4 Å². The molecule has 6 heteroatoms. The Labute approximate surface area is 199 Å². The molecule has 0 spiro atoms. The summed E-state index contributed by atoms with van der Waals surface area (Å²) in [4.78, 5) is 32.4. The van der Waals surface area contributed by atoms with Crippen molar-refractivity contribution in [3.63, 3.8) is 0 Å². The lowest BCUT2D eigenvalue weighted by atomic mass is 9.69. The van der Waals surface area contributed by atoms with E-state index in [1.165, 1.54) is 22.5 Å². The Morgan fingerprint density at radius 2 is 1.76 bits per heavy atom. The Morgan fingerprint density at radius 3 is 2.41 bits per heavy atom. The van der Waals surface area contributed by atoms with Gasteiger partial charge in [-0.25, -0.2) is 4.98 Å². The fourth-order valence-electron chi connectivity index (χ4n) is 5.21. The second kappa shape index (κ2) is 8.51. The van der Waals surface area contributed by atoms with E-state index in [0.29, 0.717) is 31.1 Å². The molecule has 1 aliphatic heterocycles. The van der Waals surface area contributed by atoms with E-state index in [4.69, 9.17) is 0 Å². The molecule has 2 heterocycles. The Balaban J connectivity index is 1.27. The molecule has 1 N–H and O–H groups in total. The van der Waals surface area contributed by atoms with Gasteiger partial charge < -0.3 is 10.0 Å². The van der Waals surface area contributed by atoms with Crippen LogP contribution in [0.5, 0.6) is 0 Å². The van der Waals surface area contributed by atoms with Crippen LogP contribution in [0.2, 0.25) is 0 Å². The van der Waals surface area contributed by atoms with Crippen LogP contribution in [0.4, 0.5) is 0 Å². The van der Waals surface area contributed by atoms with Crippen molar-refractivity contribution in [2.24, 2.45) is 11.3 Å². The van der Waals surface area contributed by atoms with Crippen molar-refractivity contribution < 1.29 is 9.90 Å². The third-order valence-corrected chi connectivity index (χ3v) is 7.67. The first kappa shape index (κ1) is 22.5. The van der Waals surface area contributed by atoms with Crippen LogP contribution in [0.25, 0.3) is 11.3 Å². The Morgan fingerprint density at radius 1 is 1.09 bits per heavy atom. The van der Waals surface area contributed by atoms with Gasteiger partial charge in [0, 0.05) is 36.1 Å². The maximum absolute atomic E-state index is 13.2. The molecule has 0 radical (unpaired) electrons. The van der Waals surface area contributed by atoms with E-state index in [2.05, 4.69) is 17.1 Å². The number of rotatable bonds is 5. The molecule has 6 nitrogen and oxygen atoms in total. The van der Waals surface area contributed by atoms with Crippen molar-refractivity contribution in [2.45, 2.75) is 44.8 Å². The molecule has 3 atom stereocenters. The molecule has 34 heavy (non-hydrogen) atoms. The van der Waals surface area contributed by atoms with Gasteiger partial charge in [0.1, 0.15) is 0 Å². The SMILES string of the molecule is CC1(C)CN(C(=O)[C@H]2C[C@H]2c2ccccc2)CCC1(O)Cn1cnc(-c2ccccc2)cc1=O. The molecular formula is C28H31N3O3. The molecule has 2 fully saturated rings. The second-order valence-electron chi connectivity index (χ2n) is 10.4. The number of likely N-dealkylation sites (tertiary alicyclic amines) is 1. The van der Waals surface area contributed by atoms with E-state index < -0.39 is 11.0 Å². The zero-order valence-corrected chi connectivity index (χ0v) is 19.7. The summed E-state index contributed by atoms with van der Waals surface area (Å²) < 4.78 is 1.48. The number of aromatic nitrogens is 2. The van der Waals surface area contributed by atoms with Crippen LogP contribution < -0.4 is 5.56 Å². The quantitative estimate of drug-likeness (QED) is 0.634. The number of nitrogens with zero attached hydrogens (tertiary/aromatic N) is 3. The van der Waals surface area contributed by atoms with Gasteiger partial charge in [0.05, 0.1) is 24.2 Å². The van der Waals surface area contributed by atoms with E-state index in [1.807, 2.05) is 67.3 Å². The van der Waals surface area contributed by atoms with Gasteiger partial charge in [0.2, 0.25) is 5.91 Å². The fraction of sp³-hybridized carbons (Fsp3) is 0.393. The molecule has 0 bridgehead atoms. The normalized spacial score (nSPS) is 25.7. The molecule has 1 saturated carbocycles. The number of amides is 1. The Kier molecular flexibility index (Phi) is 5.64. The lowest BCUT2D eigenvalue weighted by molar-refractivity contribution is -0.155. The summed E-state index contributed by atoms with van der Waals surface area (Å²) in [5.41, 5.74) is 0.832. The van der Waals surface area contributed by atoms with Crippen LogP contribution in [0.1, 0.15) is 38.2 Å². The molecule has 1 amide bonds. The summed E-state index contributed by atoms with van der Waals surface area (Å²) >= 11 is 0. The number of piperidine rings is 1. The minimum Gasteiger partial charge on any atom is -0.387 e. The summed E-state index contributed by atoms with van der Waals surface area (Å²) in [6.07, 6.45) is 2.82. The van der Waals surface area contributed by atoms with Gasteiger partial charge >= 0.3 is 0 Å². The number of carbonyl (C=O) groups is 1. The van der Waals surface area contributed by atoms with Crippen LogP contribution in [0, 0.1) is 11.3 Å². The highest BCUT2D eigenvalue weighted by Crippen LogP contribution is 2.49. The third kappa shape index (κ3) is 4.18. The van der Waals surface area contributed by atoms with E-state index in [9.17, 15) is 14.7 Å². The van der Waals surface area contributed by atoms with Gasteiger partial charge in [-0.3, -0.25) is 14.2 Å². The predicted molar refractivity (Wildman–Crippen MR) is 131 cm³/mol. The van der Waals surface area contributed by atoms with Crippen LogP contribution >= 0.6 is 0 Å². The molecule has 1 unspecified atom stereocenters. The van der Waals surface area contributed by atoms with E-state index in [0.717, 1.165) is 12.0 Å². The lowest BCUT2D eigenvalue weighted by Crippen LogP contribution is -2.61. The first-order valence-electron chi connectivity index (χ1n) is 12.0. The van der Waals surface area contributed by atoms with Crippen LogP contribution in [0.15, 0.2) is 77.9 Å². The van der Waals surface area contributed by atoms with Crippen molar-refractivity contribution in [3.05, 3.63) is 89.0 Å². The van der Waals surface area contributed by atoms with Crippen LogP contribution in [0.3, 0.4) is 0 Å². The lowest BCUT2D eigenvalue weighted by Gasteiger charge is -2.50. The Hall–Kier alpha value is -3.25. The molecule has 3 aromatic rings. The van der Waals surface area contributed by atoms with Crippen molar-refractivity contribution in [2.75, 3.05) is 13.1 Å². The standard InChI is InChI=1S/C28H31N3O3/c1-27(2)17-30(26(33)23-15-22(23)20-9-5-3-6-10-20)14-13-28(27,34)18-31-19-29-24(16-25(31)32)21-11-7-4-8-12-21/h3-12,16,19,22-23,34H,13-15,17-18H2,1-2H3/t22-,23-,28?/m0/s1. The van der Waals surface area contributed by atoms with Crippen LogP contribution in [-0.4, -0.2) is 44.2 Å². The van der Waals surface area contributed by atoms with E-state index >= 15 is 0 Å². The molecule has 1 saturated heterocycles. The molecular weight excluding hydrogens is 426 g/mol. The maximum atomic E-state index is 13.2.